The van der Waals surface area contributed by atoms with Gasteiger partial charge in [0, 0.05) is 0 Å². The topological polar surface area (TPSA) is 40.9 Å². The molecule has 1 aromatic carbocycles. The number of benzene rings is 1. The summed E-state index contributed by atoms with van der Waals surface area (Å²) in [6.45, 7) is 0. The lowest BCUT2D eigenvalue weighted by Crippen LogP contribution is -2.11. The van der Waals surface area contributed by atoms with Crippen LogP contribution in [0.4, 0.5) is 17.6 Å². The molecule has 0 saturated heterocycles. The second-order valence-corrected chi connectivity index (χ2v) is 3.61. The van der Waals surface area contributed by atoms with Crippen LogP contribution in [0.1, 0.15) is 21.5 Å². The second kappa shape index (κ2) is 4.84. The van der Waals surface area contributed by atoms with Crippen LogP contribution in [-0.2, 0) is 6.18 Å². The minimum atomic E-state index is -4.74. The first-order valence-electron chi connectivity index (χ1n) is 4.21. The van der Waals surface area contributed by atoms with Crippen molar-refractivity contribution in [2.24, 2.45) is 0 Å². The fraction of sp³-hybridized carbons (Fsp3) is 0.200. The van der Waals surface area contributed by atoms with Crippen molar-refractivity contribution in [1.29, 1.82) is 5.26 Å². The molecule has 90 valence electrons. The third-order valence-electron chi connectivity index (χ3n) is 1.94. The summed E-state index contributed by atoms with van der Waals surface area (Å²) >= 11 is 2.73. The predicted molar refractivity (Wildman–Crippen MR) is 54.2 cm³/mol. The molecule has 0 aliphatic rings. The van der Waals surface area contributed by atoms with Crippen LogP contribution in [0.5, 0.6) is 0 Å². The minimum Gasteiger partial charge on any atom is -0.293 e. The smallest absolute Gasteiger partial charge is 0.293 e. The first-order chi connectivity index (χ1) is 7.81. The van der Waals surface area contributed by atoms with Gasteiger partial charge in [0.2, 0.25) is 0 Å². The number of hydrogen-bond acceptors (Lipinski definition) is 2. The van der Waals surface area contributed by atoms with Crippen molar-refractivity contribution in [2.45, 2.75) is 6.18 Å². The zero-order chi connectivity index (χ0) is 13.2. The monoisotopic (exact) mass is 309 g/mol. The largest absolute Gasteiger partial charge is 0.416 e. The van der Waals surface area contributed by atoms with Gasteiger partial charge in [-0.25, -0.2) is 4.39 Å². The minimum absolute atomic E-state index is 0.323. The van der Waals surface area contributed by atoms with Crippen LogP contribution in [0.25, 0.3) is 0 Å². The van der Waals surface area contributed by atoms with E-state index in [2.05, 4.69) is 15.9 Å². The number of hydrogen-bond donors (Lipinski definition) is 0. The van der Waals surface area contributed by atoms with Gasteiger partial charge >= 0.3 is 6.18 Å². The maximum atomic E-state index is 13.4. The molecule has 0 amide bonds. The summed E-state index contributed by atoms with van der Waals surface area (Å²) in [5, 5.41) is 8.18. The average molecular weight is 310 g/mol. The summed E-state index contributed by atoms with van der Waals surface area (Å²) in [6, 6.07) is 2.06. The molecule has 0 radical (unpaired) electrons. The molecular formula is C10H4BrF4NO. The molecule has 7 heteroatoms. The molecule has 0 heterocycles. The lowest BCUT2D eigenvalue weighted by molar-refractivity contribution is -0.137. The van der Waals surface area contributed by atoms with E-state index in [1.54, 1.807) is 0 Å². The number of alkyl halides is 4. The zero-order valence-corrected chi connectivity index (χ0v) is 9.69. The molecular weight excluding hydrogens is 306 g/mol. The lowest BCUT2D eigenvalue weighted by atomic mass is 10.0. The molecule has 0 aromatic heterocycles. The summed E-state index contributed by atoms with van der Waals surface area (Å²) in [5.41, 5.74) is -2.77. The molecule has 0 aliphatic carbocycles. The molecule has 1 aromatic rings. The van der Waals surface area contributed by atoms with Crippen molar-refractivity contribution in [3.8, 4) is 6.07 Å². The van der Waals surface area contributed by atoms with Crippen LogP contribution in [0, 0.1) is 17.1 Å². The SMILES string of the molecule is N#Cc1cc(C(F)(F)F)cc(C(=O)CBr)c1F. The fourth-order valence-electron chi connectivity index (χ4n) is 1.14. The molecule has 0 atom stereocenters. The Morgan fingerprint density at radius 2 is 2.00 bits per heavy atom. The van der Waals surface area contributed by atoms with E-state index in [9.17, 15) is 22.4 Å². The van der Waals surface area contributed by atoms with Crippen molar-refractivity contribution in [2.75, 3.05) is 5.33 Å². The fourth-order valence-corrected chi connectivity index (χ4v) is 1.45. The Labute approximate surface area is 102 Å². The van der Waals surface area contributed by atoms with Gasteiger partial charge in [-0.2, -0.15) is 18.4 Å². The number of rotatable bonds is 2. The van der Waals surface area contributed by atoms with Gasteiger partial charge in [0.25, 0.3) is 0 Å². The van der Waals surface area contributed by atoms with E-state index in [1.165, 1.54) is 6.07 Å². The molecule has 0 aliphatic heterocycles. The van der Waals surface area contributed by atoms with Crippen molar-refractivity contribution < 1.29 is 22.4 Å². The van der Waals surface area contributed by atoms with Crippen LogP contribution < -0.4 is 0 Å². The van der Waals surface area contributed by atoms with Gasteiger partial charge in [-0.05, 0) is 12.1 Å². The van der Waals surface area contributed by atoms with Crippen molar-refractivity contribution in [1.82, 2.24) is 0 Å². The number of ketones is 1. The maximum absolute atomic E-state index is 13.4. The van der Waals surface area contributed by atoms with E-state index >= 15 is 0 Å². The zero-order valence-electron chi connectivity index (χ0n) is 8.11. The highest BCUT2D eigenvalue weighted by Crippen LogP contribution is 2.32. The quantitative estimate of drug-likeness (QED) is 0.478. The van der Waals surface area contributed by atoms with E-state index in [4.69, 9.17) is 5.26 Å². The van der Waals surface area contributed by atoms with Crippen LogP contribution >= 0.6 is 15.9 Å². The Kier molecular flexibility index (Phi) is 3.88. The van der Waals surface area contributed by atoms with Crippen LogP contribution in [-0.4, -0.2) is 11.1 Å². The molecule has 17 heavy (non-hydrogen) atoms. The standard InChI is InChI=1S/C10H4BrF4NO/c11-3-8(17)7-2-6(10(13,14)15)1-5(4-16)9(7)12/h1-2H,3H2. The molecule has 0 N–H and O–H groups in total. The highest BCUT2D eigenvalue weighted by molar-refractivity contribution is 9.09. The number of carbonyl (C=O) groups is 1. The normalized spacial score (nSPS) is 11.1. The summed E-state index contributed by atoms with van der Waals surface area (Å²) < 4.78 is 50.7. The third-order valence-corrected chi connectivity index (χ3v) is 2.45. The molecule has 0 spiro atoms. The van der Waals surface area contributed by atoms with Crippen molar-refractivity contribution >= 4 is 21.7 Å². The van der Waals surface area contributed by atoms with Crippen LogP contribution in [0.2, 0.25) is 0 Å². The average Bonchev–Trinajstić information content (AvgIpc) is 2.26. The third kappa shape index (κ3) is 2.82. The van der Waals surface area contributed by atoms with E-state index in [-0.39, 0.29) is 5.33 Å². The van der Waals surface area contributed by atoms with E-state index < -0.39 is 34.5 Å². The first kappa shape index (κ1) is 13.6. The number of carbonyl (C=O) groups excluding carboxylic acids is 1. The van der Waals surface area contributed by atoms with Gasteiger partial charge in [0.1, 0.15) is 6.07 Å². The number of halogens is 5. The number of nitrogens with zero attached hydrogens (tertiary/aromatic N) is 1. The second-order valence-electron chi connectivity index (χ2n) is 3.05. The predicted octanol–water partition coefficient (Wildman–Crippen LogP) is 3.29. The maximum Gasteiger partial charge on any atom is 0.416 e. The molecule has 1 rings (SSSR count). The highest BCUT2D eigenvalue weighted by Gasteiger charge is 2.33. The summed E-state index contributed by atoms with van der Waals surface area (Å²) in [4.78, 5) is 11.2. The molecule has 0 bridgehead atoms. The number of Topliss-reactive ketones (excluding diaryl/α,β-unsaturated/α-hetero) is 1. The Hall–Kier alpha value is -1.42. The molecule has 0 unspecified atom stereocenters. The van der Waals surface area contributed by atoms with Crippen molar-refractivity contribution in [3.63, 3.8) is 0 Å². The van der Waals surface area contributed by atoms with Gasteiger partial charge in [-0.1, -0.05) is 15.9 Å². The van der Waals surface area contributed by atoms with E-state index in [0.717, 1.165) is 0 Å². The van der Waals surface area contributed by atoms with E-state index in [1.807, 2.05) is 0 Å². The van der Waals surface area contributed by atoms with Gasteiger partial charge in [0.05, 0.1) is 22.0 Å². The Balaban J connectivity index is 3.51. The summed E-state index contributed by atoms with van der Waals surface area (Å²) in [6.07, 6.45) is -4.74. The van der Waals surface area contributed by atoms with E-state index in [0.29, 0.717) is 12.1 Å². The Morgan fingerprint density at radius 1 is 1.41 bits per heavy atom. The molecule has 2 nitrogen and oxygen atoms in total. The lowest BCUT2D eigenvalue weighted by Gasteiger charge is -2.09. The Bertz CT molecular complexity index is 504. The van der Waals surface area contributed by atoms with Crippen LogP contribution in [0.3, 0.4) is 0 Å². The van der Waals surface area contributed by atoms with Gasteiger partial charge in [0.15, 0.2) is 11.6 Å². The number of nitriles is 1. The van der Waals surface area contributed by atoms with Gasteiger partial charge in [-0.3, -0.25) is 4.79 Å². The van der Waals surface area contributed by atoms with Crippen LogP contribution in [0.15, 0.2) is 12.1 Å². The Morgan fingerprint density at radius 3 is 2.41 bits per heavy atom. The highest BCUT2D eigenvalue weighted by atomic mass is 79.9. The van der Waals surface area contributed by atoms with Crippen molar-refractivity contribution in [3.05, 3.63) is 34.6 Å². The van der Waals surface area contributed by atoms with Gasteiger partial charge < -0.3 is 0 Å². The van der Waals surface area contributed by atoms with Gasteiger partial charge in [-0.15, -0.1) is 0 Å². The first-order valence-corrected chi connectivity index (χ1v) is 5.33. The summed E-state index contributed by atoms with van der Waals surface area (Å²) in [7, 11) is 0. The molecule has 0 saturated carbocycles. The molecule has 0 fully saturated rings. The summed E-state index contributed by atoms with van der Waals surface area (Å²) in [5.74, 6) is -2.09.